The van der Waals surface area contributed by atoms with Crippen LogP contribution in [0.2, 0.25) is 0 Å². The molecule has 6 nitrogen and oxygen atoms in total. The molecule has 0 bridgehead atoms. The van der Waals surface area contributed by atoms with E-state index in [1.807, 2.05) is 13.0 Å². The van der Waals surface area contributed by atoms with Gasteiger partial charge in [0.15, 0.2) is 0 Å². The Morgan fingerprint density at radius 1 is 1.17 bits per heavy atom. The van der Waals surface area contributed by atoms with E-state index in [9.17, 15) is 14.0 Å². The molecular formula is C23H17FN2O4. The number of esters is 1. The van der Waals surface area contributed by atoms with Crippen LogP contribution in [0.5, 0.6) is 0 Å². The highest BCUT2D eigenvalue weighted by atomic mass is 19.1. The third-order valence-corrected chi connectivity index (χ3v) is 4.49. The number of rotatable bonds is 5. The van der Waals surface area contributed by atoms with E-state index < -0.39 is 11.8 Å². The number of aromatic amines is 1. The summed E-state index contributed by atoms with van der Waals surface area (Å²) < 4.78 is 24.5. The molecule has 0 atom stereocenters. The highest BCUT2D eigenvalue weighted by molar-refractivity contribution is 5.86. The summed E-state index contributed by atoms with van der Waals surface area (Å²) in [6.45, 7) is 1.67. The summed E-state index contributed by atoms with van der Waals surface area (Å²) in [5.41, 5.74) is 1.47. The Morgan fingerprint density at radius 2 is 2.00 bits per heavy atom. The fraction of sp³-hybridized carbons (Fsp3) is 0.0870. The van der Waals surface area contributed by atoms with Gasteiger partial charge in [-0.1, -0.05) is 24.3 Å². The Kier molecular flexibility index (Phi) is 5.26. The predicted molar refractivity (Wildman–Crippen MR) is 110 cm³/mol. The number of aromatic nitrogens is 2. The predicted octanol–water partition coefficient (Wildman–Crippen LogP) is 4.39. The molecule has 4 rings (SSSR count). The van der Waals surface area contributed by atoms with Crippen molar-refractivity contribution in [2.75, 3.05) is 0 Å². The number of para-hydroxylation sites is 1. The molecule has 0 spiro atoms. The van der Waals surface area contributed by atoms with Crippen LogP contribution in [0.25, 0.3) is 28.3 Å². The summed E-state index contributed by atoms with van der Waals surface area (Å²) in [6.07, 6.45) is 2.61. The van der Waals surface area contributed by atoms with E-state index in [2.05, 4.69) is 9.97 Å². The topological polar surface area (TPSA) is 85.2 Å². The first-order chi connectivity index (χ1) is 14.5. The van der Waals surface area contributed by atoms with Crippen LogP contribution in [0, 0.1) is 12.7 Å². The van der Waals surface area contributed by atoms with Crippen molar-refractivity contribution in [3.05, 3.63) is 94.0 Å². The zero-order valence-corrected chi connectivity index (χ0v) is 16.0. The SMILES string of the molecule is Cc1cccc2c(=O)[nH]c(COC(=O)/C=C/c3ccc(-c4ccccc4F)o3)nc12. The molecule has 0 unspecified atom stereocenters. The number of furan rings is 1. The number of nitrogens with one attached hydrogen (secondary N) is 1. The molecule has 0 radical (unpaired) electrons. The molecule has 0 aliphatic heterocycles. The lowest BCUT2D eigenvalue weighted by atomic mass is 10.1. The standard InChI is InChI=1S/C23H17FN2O4/c1-14-5-4-7-17-22(14)25-20(26-23(17)28)13-29-21(27)12-10-15-9-11-19(30-15)16-6-2-3-8-18(16)24/h2-12H,13H2,1H3,(H,25,26,28)/b12-10+. The third kappa shape index (κ3) is 4.05. The van der Waals surface area contributed by atoms with Gasteiger partial charge in [0.2, 0.25) is 0 Å². The highest BCUT2D eigenvalue weighted by Gasteiger charge is 2.09. The quantitative estimate of drug-likeness (QED) is 0.394. The normalized spacial score (nSPS) is 11.3. The molecule has 0 amide bonds. The summed E-state index contributed by atoms with van der Waals surface area (Å²) in [6, 6.07) is 14.8. The number of fused-ring (bicyclic) bond motifs is 1. The summed E-state index contributed by atoms with van der Waals surface area (Å²) in [5.74, 6) is -0.0452. The molecular weight excluding hydrogens is 387 g/mol. The molecule has 7 heteroatoms. The average Bonchev–Trinajstić information content (AvgIpc) is 3.21. The van der Waals surface area contributed by atoms with Crippen molar-refractivity contribution in [2.45, 2.75) is 13.5 Å². The molecule has 0 saturated heterocycles. The van der Waals surface area contributed by atoms with Crippen molar-refractivity contribution in [3.8, 4) is 11.3 Å². The van der Waals surface area contributed by atoms with Crippen molar-refractivity contribution in [1.29, 1.82) is 0 Å². The first-order valence-electron chi connectivity index (χ1n) is 9.19. The summed E-state index contributed by atoms with van der Waals surface area (Å²) in [4.78, 5) is 31.1. The lowest BCUT2D eigenvalue weighted by Gasteiger charge is -2.05. The number of ether oxygens (including phenoxy) is 1. The van der Waals surface area contributed by atoms with E-state index >= 15 is 0 Å². The number of carbonyl (C=O) groups excluding carboxylic acids is 1. The van der Waals surface area contributed by atoms with Crippen LogP contribution < -0.4 is 5.56 Å². The van der Waals surface area contributed by atoms with Crippen molar-refractivity contribution < 1.29 is 18.3 Å². The first-order valence-corrected chi connectivity index (χ1v) is 9.19. The number of aryl methyl sites for hydroxylation is 1. The van der Waals surface area contributed by atoms with Gasteiger partial charge in [0.1, 0.15) is 29.8 Å². The fourth-order valence-electron chi connectivity index (χ4n) is 3.01. The minimum Gasteiger partial charge on any atom is -0.457 e. The largest absolute Gasteiger partial charge is 0.457 e. The summed E-state index contributed by atoms with van der Waals surface area (Å²) >= 11 is 0. The van der Waals surface area contributed by atoms with Gasteiger partial charge >= 0.3 is 5.97 Å². The zero-order chi connectivity index (χ0) is 21.1. The molecule has 1 N–H and O–H groups in total. The number of benzene rings is 2. The van der Waals surface area contributed by atoms with Gasteiger partial charge in [-0.25, -0.2) is 14.2 Å². The molecule has 30 heavy (non-hydrogen) atoms. The van der Waals surface area contributed by atoms with Gasteiger partial charge in [-0.2, -0.15) is 0 Å². The van der Waals surface area contributed by atoms with E-state index in [0.29, 0.717) is 28.0 Å². The Morgan fingerprint density at radius 3 is 2.83 bits per heavy atom. The van der Waals surface area contributed by atoms with Gasteiger partial charge in [-0.15, -0.1) is 0 Å². The second kappa shape index (κ2) is 8.16. The highest BCUT2D eigenvalue weighted by Crippen LogP contribution is 2.25. The molecule has 2 aromatic heterocycles. The van der Waals surface area contributed by atoms with Crippen molar-refractivity contribution in [3.63, 3.8) is 0 Å². The van der Waals surface area contributed by atoms with Crippen molar-refractivity contribution in [1.82, 2.24) is 9.97 Å². The van der Waals surface area contributed by atoms with E-state index in [1.54, 1.807) is 42.5 Å². The second-order valence-electron chi connectivity index (χ2n) is 6.61. The first kappa shape index (κ1) is 19.3. The average molecular weight is 404 g/mol. The lowest BCUT2D eigenvalue weighted by Crippen LogP contribution is -2.14. The van der Waals surface area contributed by atoms with Crippen molar-refractivity contribution in [2.24, 2.45) is 0 Å². The molecule has 2 heterocycles. The maximum absolute atomic E-state index is 13.8. The minimum atomic E-state index is -0.633. The van der Waals surface area contributed by atoms with E-state index in [-0.39, 0.29) is 18.0 Å². The molecule has 0 saturated carbocycles. The summed E-state index contributed by atoms with van der Waals surface area (Å²) in [5, 5.41) is 0.480. The van der Waals surface area contributed by atoms with Crippen LogP contribution in [-0.4, -0.2) is 15.9 Å². The van der Waals surface area contributed by atoms with Gasteiger partial charge in [-0.05, 0) is 48.9 Å². The van der Waals surface area contributed by atoms with Crippen LogP contribution in [0.4, 0.5) is 4.39 Å². The van der Waals surface area contributed by atoms with Crippen molar-refractivity contribution >= 4 is 22.9 Å². The van der Waals surface area contributed by atoms with Crippen LogP contribution >= 0.6 is 0 Å². The fourth-order valence-corrected chi connectivity index (χ4v) is 3.01. The third-order valence-electron chi connectivity index (χ3n) is 4.49. The van der Waals surface area contributed by atoms with Crippen LogP contribution in [0.1, 0.15) is 17.1 Å². The molecule has 4 aromatic rings. The van der Waals surface area contributed by atoms with Gasteiger partial charge in [0, 0.05) is 6.08 Å². The zero-order valence-electron chi connectivity index (χ0n) is 16.0. The maximum Gasteiger partial charge on any atom is 0.331 e. The Labute approximate surface area is 170 Å². The summed E-state index contributed by atoms with van der Waals surface area (Å²) in [7, 11) is 0. The second-order valence-corrected chi connectivity index (χ2v) is 6.61. The van der Waals surface area contributed by atoms with E-state index in [0.717, 1.165) is 5.56 Å². The van der Waals surface area contributed by atoms with Gasteiger partial charge < -0.3 is 14.1 Å². The van der Waals surface area contributed by atoms with Crippen LogP contribution in [0.3, 0.4) is 0 Å². The molecule has 0 aliphatic rings. The monoisotopic (exact) mass is 404 g/mol. The van der Waals surface area contributed by atoms with E-state index in [1.165, 1.54) is 18.2 Å². The molecule has 0 aliphatic carbocycles. The minimum absolute atomic E-state index is 0.179. The Hall–Kier alpha value is -4.00. The molecule has 2 aromatic carbocycles. The van der Waals surface area contributed by atoms with E-state index in [4.69, 9.17) is 9.15 Å². The van der Waals surface area contributed by atoms with Gasteiger partial charge in [0.25, 0.3) is 5.56 Å². The van der Waals surface area contributed by atoms with Gasteiger partial charge in [-0.3, -0.25) is 4.79 Å². The van der Waals surface area contributed by atoms with Crippen LogP contribution in [-0.2, 0) is 16.1 Å². The Balaban J connectivity index is 1.43. The number of halogens is 1. The number of hydrogen-bond acceptors (Lipinski definition) is 5. The number of hydrogen-bond donors (Lipinski definition) is 1. The van der Waals surface area contributed by atoms with Crippen LogP contribution in [0.15, 0.2) is 69.9 Å². The number of nitrogens with zero attached hydrogens (tertiary/aromatic N) is 1. The molecule has 0 fully saturated rings. The number of carbonyl (C=O) groups is 1. The Bertz CT molecular complexity index is 1320. The maximum atomic E-state index is 13.8. The lowest BCUT2D eigenvalue weighted by molar-refractivity contribution is -0.139. The smallest absolute Gasteiger partial charge is 0.331 e. The van der Waals surface area contributed by atoms with Gasteiger partial charge in [0.05, 0.1) is 16.5 Å². The molecule has 150 valence electrons. The number of H-pyrrole nitrogens is 1.